The van der Waals surface area contributed by atoms with Gasteiger partial charge in [-0.05, 0) is 42.8 Å². The van der Waals surface area contributed by atoms with Gasteiger partial charge in [0.15, 0.2) is 6.61 Å². The Morgan fingerprint density at radius 3 is 2.69 bits per heavy atom. The van der Waals surface area contributed by atoms with Crippen molar-refractivity contribution in [1.82, 2.24) is 0 Å². The van der Waals surface area contributed by atoms with Gasteiger partial charge in [-0.2, -0.15) is 0 Å². The highest BCUT2D eigenvalue weighted by molar-refractivity contribution is 6.33. The lowest BCUT2D eigenvalue weighted by Crippen LogP contribution is -2.43. The van der Waals surface area contributed by atoms with Gasteiger partial charge in [0.05, 0.1) is 29.6 Å². The molecule has 7 nitrogen and oxygen atoms in total. The maximum atomic E-state index is 12.6. The van der Waals surface area contributed by atoms with Gasteiger partial charge in [-0.15, -0.1) is 0 Å². The zero-order valence-corrected chi connectivity index (χ0v) is 16.9. The first-order valence-corrected chi connectivity index (χ1v) is 9.85. The number of hydrogen-bond acceptors (Lipinski definition) is 5. The highest BCUT2D eigenvalue weighted by Gasteiger charge is 2.27. The van der Waals surface area contributed by atoms with Crippen LogP contribution in [0.15, 0.2) is 36.4 Å². The zero-order valence-electron chi connectivity index (χ0n) is 16.1. The molecule has 0 aliphatic carbocycles. The lowest BCUT2D eigenvalue weighted by Gasteiger charge is -2.30. The molecule has 4 rings (SSSR count). The molecule has 2 aliphatic rings. The number of nitrogens with one attached hydrogen (secondary N) is 1. The van der Waals surface area contributed by atoms with Crippen molar-refractivity contribution in [2.45, 2.75) is 6.92 Å². The van der Waals surface area contributed by atoms with Gasteiger partial charge in [0, 0.05) is 18.8 Å². The Bertz CT molecular complexity index is 944. The molecule has 8 heteroatoms. The number of rotatable bonds is 4. The standard InChI is InChI=1S/C21H22ClN3O4/c1-14-2-5-19-18(10-14)25(21(27)13-29-19)12-20(26)23-15-3-4-17(16(22)11-15)24-6-8-28-9-7-24/h2-5,10-11H,6-9,12-13H2,1H3,(H,23,26). The third-order valence-corrected chi connectivity index (χ3v) is 5.25. The number of carbonyl (C=O) groups is 2. The molecule has 0 atom stereocenters. The van der Waals surface area contributed by atoms with Crippen LogP contribution in [0.2, 0.25) is 5.02 Å². The van der Waals surface area contributed by atoms with Gasteiger partial charge in [-0.3, -0.25) is 14.5 Å². The van der Waals surface area contributed by atoms with E-state index in [9.17, 15) is 9.59 Å². The summed E-state index contributed by atoms with van der Waals surface area (Å²) in [6.07, 6.45) is 0. The summed E-state index contributed by atoms with van der Waals surface area (Å²) >= 11 is 6.43. The minimum Gasteiger partial charge on any atom is -0.482 e. The Morgan fingerprint density at radius 1 is 1.14 bits per heavy atom. The lowest BCUT2D eigenvalue weighted by atomic mass is 10.1. The van der Waals surface area contributed by atoms with E-state index in [0.717, 1.165) is 24.3 Å². The predicted molar refractivity (Wildman–Crippen MR) is 112 cm³/mol. The van der Waals surface area contributed by atoms with Crippen LogP contribution in [0.4, 0.5) is 17.1 Å². The van der Waals surface area contributed by atoms with E-state index >= 15 is 0 Å². The fourth-order valence-corrected chi connectivity index (χ4v) is 3.78. The molecule has 29 heavy (non-hydrogen) atoms. The third kappa shape index (κ3) is 4.31. The first-order chi connectivity index (χ1) is 14.0. The van der Waals surface area contributed by atoms with Gasteiger partial charge < -0.3 is 19.7 Å². The van der Waals surface area contributed by atoms with Crippen molar-refractivity contribution in [3.05, 3.63) is 47.0 Å². The van der Waals surface area contributed by atoms with Crippen LogP contribution < -0.4 is 19.9 Å². The quantitative estimate of drug-likeness (QED) is 0.831. The number of carbonyl (C=O) groups excluding carboxylic acids is 2. The van der Waals surface area contributed by atoms with Crippen LogP contribution in [0.1, 0.15) is 5.56 Å². The van der Waals surface area contributed by atoms with Crippen LogP contribution in [0.5, 0.6) is 5.75 Å². The maximum absolute atomic E-state index is 12.6. The summed E-state index contributed by atoms with van der Waals surface area (Å²) in [5, 5.41) is 3.39. The number of hydrogen-bond donors (Lipinski definition) is 1. The molecule has 2 amide bonds. The number of fused-ring (bicyclic) bond motifs is 1. The Hall–Kier alpha value is -2.77. The molecular weight excluding hydrogens is 394 g/mol. The van der Waals surface area contributed by atoms with E-state index in [0.29, 0.717) is 35.4 Å². The molecule has 0 unspecified atom stereocenters. The summed E-state index contributed by atoms with van der Waals surface area (Å²) in [5.41, 5.74) is 3.10. The second-order valence-corrected chi connectivity index (χ2v) is 7.46. The topological polar surface area (TPSA) is 71.1 Å². The molecule has 2 aromatic carbocycles. The maximum Gasteiger partial charge on any atom is 0.265 e. The summed E-state index contributed by atoms with van der Waals surface area (Å²) in [7, 11) is 0. The molecular formula is C21H22ClN3O4. The van der Waals surface area contributed by atoms with E-state index in [4.69, 9.17) is 21.1 Å². The SMILES string of the molecule is Cc1ccc2c(c1)N(CC(=O)Nc1ccc(N3CCOCC3)c(Cl)c1)C(=O)CO2. The van der Waals surface area contributed by atoms with Crippen LogP contribution in [-0.2, 0) is 14.3 Å². The van der Waals surface area contributed by atoms with Crippen molar-refractivity contribution in [1.29, 1.82) is 0 Å². The molecule has 2 aromatic rings. The van der Waals surface area contributed by atoms with Gasteiger partial charge in [-0.1, -0.05) is 17.7 Å². The van der Waals surface area contributed by atoms with Gasteiger partial charge in [0.1, 0.15) is 12.3 Å². The summed E-state index contributed by atoms with van der Waals surface area (Å²) in [5.74, 6) is 0.0442. The Kier molecular flexibility index (Phi) is 5.60. The molecule has 2 heterocycles. The van der Waals surface area contributed by atoms with Crippen LogP contribution in [0.25, 0.3) is 0 Å². The van der Waals surface area contributed by atoms with Gasteiger partial charge in [-0.25, -0.2) is 0 Å². The largest absolute Gasteiger partial charge is 0.482 e. The van der Waals surface area contributed by atoms with E-state index in [1.165, 1.54) is 4.90 Å². The Morgan fingerprint density at radius 2 is 1.93 bits per heavy atom. The molecule has 1 fully saturated rings. The van der Waals surface area contributed by atoms with Crippen LogP contribution in [0.3, 0.4) is 0 Å². The van der Waals surface area contributed by atoms with Crippen molar-refractivity contribution in [3.63, 3.8) is 0 Å². The first-order valence-electron chi connectivity index (χ1n) is 9.47. The molecule has 1 saturated heterocycles. The normalized spacial score (nSPS) is 16.3. The molecule has 0 spiro atoms. The number of amides is 2. The number of morpholine rings is 1. The van der Waals surface area contributed by atoms with E-state index in [1.54, 1.807) is 6.07 Å². The van der Waals surface area contributed by atoms with Gasteiger partial charge >= 0.3 is 0 Å². The number of ether oxygens (including phenoxy) is 2. The number of aryl methyl sites for hydroxylation is 1. The van der Waals surface area contributed by atoms with Crippen molar-refractivity contribution in [2.75, 3.05) is 54.6 Å². The summed E-state index contributed by atoms with van der Waals surface area (Å²) in [6, 6.07) is 11.0. The third-order valence-electron chi connectivity index (χ3n) is 4.94. The highest BCUT2D eigenvalue weighted by Crippen LogP contribution is 2.33. The van der Waals surface area contributed by atoms with Gasteiger partial charge in [0.2, 0.25) is 5.91 Å². The first kappa shape index (κ1) is 19.5. The molecule has 152 valence electrons. The van der Waals surface area contributed by atoms with E-state index < -0.39 is 0 Å². The fraction of sp³-hybridized carbons (Fsp3) is 0.333. The van der Waals surface area contributed by atoms with Crippen LogP contribution in [0, 0.1) is 6.92 Å². The Balaban J connectivity index is 1.45. The summed E-state index contributed by atoms with van der Waals surface area (Å²) < 4.78 is 10.8. The monoisotopic (exact) mass is 415 g/mol. The van der Waals surface area contributed by atoms with Crippen LogP contribution >= 0.6 is 11.6 Å². The van der Waals surface area contributed by atoms with E-state index in [-0.39, 0.29) is 25.0 Å². The average Bonchev–Trinajstić information content (AvgIpc) is 2.71. The molecule has 0 saturated carbocycles. The summed E-state index contributed by atoms with van der Waals surface area (Å²) in [4.78, 5) is 28.5. The number of halogens is 1. The number of benzene rings is 2. The molecule has 0 aromatic heterocycles. The fourth-order valence-electron chi connectivity index (χ4n) is 3.47. The van der Waals surface area contributed by atoms with E-state index in [2.05, 4.69) is 10.2 Å². The zero-order chi connectivity index (χ0) is 20.4. The van der Waals surface area contributed by atoms with Crippen molar-refractivity contribution in [2.24, 2.45) is 0 Å². The highest BCUT2D eigenvalue weighted by atomic mass is 35.5. The number of anilines is 3. The smallest absolute Gasteiger partial charge is 0.265 e. The average molecular weight is 416 g/mol. The molecule has 0 bridgehead atoms. The number of nitrogens with zero attached hydrogens (tertiary/aromatic N) is 2. The van der Waals surface area contributed by atoms with Gasteiger partial charge in [0.25, 0.3) is 5.91 Å². The molecule has 0 radical (unpaired) electrons. The van der Waals surface area contributed by atoms with E-state index in [1.807, 2.05) is 37.3 Å². The Labute approximate surface area is 174 Å². The predicted octanol–water partition coefficient (Wildman–Crippen LogP) is 2.85. The second kappa shape index (κ2) is 8.31. The minimum absolute atomic E-state index is 0.0799. The minimum atomic E-state index is -0.303. The molecule has 1 N–H and O–H groups in total. The summed E-state index contributed by atoms with van der Waals surface area (Å²) in [6.45, 7) is 4.65. The molecule has 2 aliphatic heterocycles. The van der Waals surface area contributed by atoms with Crippen LogP contribution in [-0.4, -0.2) is 51.3 Å². The lowest BCUT2D eigenvalue weighted by molar-refractivity contribution is -0.123. The second-order valence-electron chi connectivity index (χ2n) is 7.05. The van der Waals surface area contributed by atoms with Crippen molar-refractivity contribution >= 4 is 40.5 Å². The van der Waals surface area contributed by atoms with Crippen molar-refractivity contribution < 1.29 is 19.1 Å². The van der Waals surface area contributed by atoms with Crippen molar-refractivity contribution in [3.8, 4) is 5.75 Å².